The van der Waals surface area contributed by atoms with Crippen molar-refractivity contribution < 1.29 is 22.4 Å². The van der Waals surface area contributed by atoms with E-state index in [2.05, 4.69) is 5.32 Å². The molecule has 7 nitrogen and oxygen atoms in total. The number of halogens is 3. The van der Waals surface area contributed by atoms with Crippen molar-refractivity contribution in [1.29, 1.82) is 0 Å². The lowest BCUT2D eigenvalue weighted by molar-refractivity contribution is -0.140. The van der Waals surface area contributed by atoms with E-state index in [0.29, 0.717) is 12.0 Å². The summed E-state index contributed by atoms with van der Waals surface area (Å²) in [6.45, 7) is 1.25. The number of carbonyl (C=O) groups is 2. The maximum absolute atomic E-state index is 13.7. The molecule has 0 radical (unpaired) electrons. The third-order valence-electron chi connectivity index (χ3n) is 6.47. The summed E-state index contributed by atoms with van der Waals surface area (Å²) in [7, 11) is -3.90. The summed E-state index contributed by atoms with van der Waals surface area (Å²) in [6.07, 6.45) is 6.27. The van der Waals surface area contributed by atoms with Crippen LogP contribution in [0.25, 0.3) is 0 Å². The Kier molecular flexibility index (Phi) is 10.2. The van der Waals surface area contributed by atoms with Crippen LogP contribution < -0.4 is 9.62 Å². The van der Waals surface area contributed by atoms with Gasteiger partial charge in [0.2, 0.25) is 21.8 Å². The molecule has 0 bridgehead atoms. The molecule has 1 aliphatic carbocycles. The fraction of sp³-hybridized carbons (Fsp3) is 0.462. The van der Waals surface area contributed by atoms with Crippen molar-refractivity contribution in [2.45, 2.75) is 64.1 Å². The molecule has 1 atom stereocenters. The third kappa shape index (κ3) is 8.06. The summed E-state index contributed by atoms with van der Waals surface area (Å²) in [5, 5.41) is 3.46. The molecule has 0 aliphatic heterocycles. The number of nitrogens with one attached hydrogen (secondary N) is 1. The highest BCUT2D eigenvalue weighted by Crippen LogP contribution is 2.29. The summed E-state index contributed by atoms with van der Waals surface area (Å²) in [4.78, 5) is 28.4. The molecule has 2 aromatic carbocycles. The molecule has 202 valence electrons. The smallest absolute Gasteiger partial charge is 0.244 e. The lowest BCUT2D eigenvalue weighted by Crippen LogP contribution is -2.53. The number of sulfonamides is 1. The van der Waals surface area contributed by atoms with Gasteiger partial charge in [0.1, 0.15) is 18.4 Å². The molecular formula is C26H32Cl2FN3O4S. The first-order valence-electron chi connectivity index (χ1n) is 12.3. The largest absolute Gasteiger partial charge is 0.352 e. The quantitative estimate of drug-likeness (QED) is 0.427. The molecule has 0 aromatic heterocycles. The molecule has 1 N–H and O–H groups in total. The van der Waals surface area contributed by atoms with Crippen LogP contribution in [-0.2, 0) is 26.2 Å². The standard InChI is InChI=1S/C26H32Cl2FN3O4S/c1-3-24(26(34)30-20-7-5-4-6-8-20)31(16-18-9-11-19(29)12-10-18)25(33)17-32(37(2,35)36)21-13-14-22(27)23(28)15-21/h9-15,20,24H,3-8,16-17H2,1-2H3,(H,30,34)/t24-/m1/s1. The summed E-state index contributed by atoms with van der Waals surface area (Å²) >= 11 is 12.1. The van der Waals surface area contributed by atoms with E-state index >= 15 is 0 Å². The maximum atomic E-state index is 13.7. The van der Waals surface area contributed by atoms with Gasteiger partial charge in [0.05, 0.1) is 22.0 Å². The monoisotopic (exact) mass is 571 g/mol. The number of anilines is 1. The van der Waals surface area contributed by atoms with Gasteiger partial charge in [0.25, 0.3) is 0 Å². The topological polar surface area (TPSA) is 86.8 Å². The molecule has 0 spiro atoms. The van der Waals surface area contributed by atoms with Crippen LogP contribution >= 0.6 is 23.2 Å². The first-order chi connectivity index (χ1) is 17.5. The van der Waals surface area contributed by atoms with Crippen molar-refractivity contribution in [3.63, 3.8) is 0 Å². The molecule has 0 saturated heterocycles. The summed E-state index contributed by atoms with van der Waals surface area (Å²) in [5.74, 6) is -1.29. The molecule has 1 saturated carbocycles. The maximum Gasteiger partial charge on any atom is 0.244 e. The van der Waals surface area contributed by atoms with Crippen LogP contribution in [0.1, 0.15) is 51.0 Å². The predicted octanol–water partition coefficient (Wildman–Crippen LogP) is 5.15. The number of carbonyl (C=O) groups excluding carboxylic acids is 2. The molecule has 1 fully saturated rings. The summed E-state index contributed by atoms with van der Waals surface area (Å²) in [5.41, 5.74) is 0.783. The Bertz CT molecular complexity index is 1200. The van der Waals surface area contributed by atoms with E-state index in [1.807, 2.05) is 0 Å². The van der Waals surface area contributed by atoms with E-state index in [9.17, 15) is 22.4 Å². The minimum absolute atomic E-state index is 0.00861. The van der Waals surface area contributed by atoms with Gasteiger partial charge in [-0.05, 0) is 55.2 Å². The Morgan fingerprint density at radius 3 is 2.27 bits per heavy atom. The highest BCUT2D eigenvalue weighted by atomic mass is 35.5. The molecule has 2 aromatic rings. The van der Waals surface area contributed by atoms with Crippen molar-refractivity contribution in [1.82, 2.24) is 10.2 Å². The Morgan fingerprint density at radius 1 is 1.05 bits per heavy atom. The highest BCUT2D eigenvalue weighted by Gasteiger charge is 2.33. The van der Waals surface area contributed by atoms with Gasteiger partial charge < -0.3 is 10.2 Å². The Balaban J connectivity index is 1.92. The van der Waals surface area contributed by atoms with E-state index in [1.165, 1.54) is 47.4 Å². The first kappa shape index (κ1) is 29.2. The van der Waals surface area contributed by atoms with Crippen molar-refractivity contribution >= 4 is 50.7 Å². The number of hydrogen-bond donors (Lipinski definition) is 1. The molecule has 1 aliphatic rings. The minimum Gasteiger partial charge on any atom is -0.352 e. The zero-order valence-corrected chi connectivity index (χ0v) is 23.3. The van der Waals surface area contributed by atoms with Crippen LogP contribution in [0.3, 0.4) is 0 Å². The third-order valence-corrected chi connectivity index (χ3v) is 8.35. The van der Waals surface area contributed by atoms with E-state index in [4.69, 9.17) is 23.2 Å². The second-order valence-electron chi connectivity index (χ2n) is 9.28. The lowest BCUT2D eigenvalue weighted by Gasteiger charge is -2.34. The number of amides is 2. The molecule has 11 heteroatoms. The Hall–Kier alpha value is -2.36. The normalized spacial score (nSPS) is 15.2. The molecular weight excluding hydrogens is 540 g/mol. The van der Waals surface area contributed by atoms with Gasteiger partial charge in [-0.1, -0.05) is 61.5 Å². The predicted molar refractivity (Wildman–Crippen MR) is 145 cm³/mol. The minimum atomic E-state index is -3.90. The van der Waals surface area contributed by atoms with Gasteiger partial charge in [0, 0.05) is 12.6 Å². The number of benzene rings is 2. The van der Waals surface area contributed by atoms with Gasteiger partial charge in [-0.3, -0.25) is 13.9 Å². The second-order valence-corrected chi connectivity index (χ2v) is 12.0. The van der Waals surface area contributed by atoms with Crippen molar-refractivity contribution in [3.05, 3.63) is 63.9 Å². The fourth-order valence-electron chi connectivity index (χ4n) is 4.50. The molecule has 3 rings (SSSR count). The average molecular weight is 573 g/mol. The zero-order chi connectivity index (χ0) is 27.2. The second kappa shape index (κ2) is 12.9. The first-order valence-corrected chi connectivity index (χ1v) is 14.9. The van der Waals surface area contributed by atoms with Gasteiger partial charge in [-0.2, -0.15) is 0 Å². The Labute approximate surface area is 228 Å². The van der Waals surface area contributed by atoms with Gasteiger partial charge >= 0.3 is 0 Å². The number of nitrogens with zero attached hydrogens (tertiary/aromatic N) is 2. The summed E-state index contributed by atoms with van der Waals surface area (Å²) in [6, 6.07) is 9.11. The van der Waals surface area contributed by atoms with Crippen molar-refractivity contribution in [3.8, 4) is 0 Å². The number of rotatable bonds is 10. The molecule has 2 amide bonds. The number of hydrogen-bond acceptors (Lipinski definition) is 4. The van der Waals surface area contributed by atoms with E-state index in [-0.39, 0.29) is 34.2 Å². The Morgan fingerprint density at radius 2 is 1.70 bits per heavy atom. The molecule has 0 heterocycles. The SMILES string of the molecule is CC[C@H](C(=O)NC1CCCCC1)N(Cc1ccc(F)cc1)C(=O)CN(c1ccc(Cl)c(Cl)c1)S(C)(=O)=O. The molecule has 37 heavy (non-hydrogen) atoms. The van der Waals surface area contributed by atoms with Crippen LogP contribution in [0.2, 0.25) is 10.0 Å². The molecule has 0 unspecified atom stereocenters. The van der Waals surface area contributed by atoms with Gasteiger partial charge in [0.15, 0.2) is 0 Å². The van der Waals surface area contributed by atoms with Crippen LogP contribution in [0.15, 0.2) is 42.5 Å². The zero-order valence-electron chi connectivity index (χ0n) is 20.9. The van der Waals surface area contributed by atoms with Crippen LogP contribution in [0, 0.1) is 5.82 Å². The van der Waals surface area contributed by atoms with Crippen LogP contribution in [0.4, 0.5) is 10.1 Å². The van der Waals surface area contributed by atoms with E-state index in [0.717, 1.165) is 42.7 Å². The van der Waals surface area contributed by atoms with Crippen molar-refractivity contribution in [2.24, 2.45) is 0 Å². The average Bonchev–Trinajstić information content (AvgIpc) is 2.85. The van der Waals surface area contributed by atoms with E-state index < -0.39 is 34.3 Å². The van der Waals surface area contributed by atoms with Gasteiger partial charge in [-0.15, -0.1) is 0 Å². The van der Waals surface area contributed by atoms with Crippen LogP contribution in [0.5, 0.6) is 0 Å². The van der Waals surface area contributed by atoms with E-state index in [1.54, 1.807) is 6.92 Å². The lowest BCUT2D eigenvalue weighted by atomic mass is 9.95. The van der Waals surface area contributed by atoms with Crippen LogP contribution in [-0.4, -0.2) is 50.0 Å². The van der Waals surface area contributed by atoms with Crippen molar-refractivity contribution in [2.75, 3.05) is 17.1 Å². The summed E-state index contributed by atoms with van der Waals surface area (Å²) < 4.78 is 39.8. The van der Waals surface area contributed by atoms with Gasteiger partial charge in [-0.25, -0.2) is 12.8 Å². The fourth-order valence-corrected chi connectivity index (χ4v) is 5.64. The highest BCUT2D eigenvalue weighted by molar-refractivity contribution is 7.92.